The van der Waals surface area contributed by atoms with Gasteiger partial charge in [0.05, 0.1) is 11.9 Å². The van der Waals surface area contributed by atoms with Crippen LogP contribution in [0, 0.1) is 24.6 Å². The second-order valence-electron chi connectivity index (χ2n) is 8.18. The molecule has 6 nitrogen and oxygen atoms in total. The van der Waals surface area contributed by atoms with Gasteiger partial charge in [-0.3, -0.25) is 4.98 Å². The molecule has 2 atom stereocenters. The van der Waals surface area contributed by atoms with Gasteiger partial charge in [-0.15, -0.1) is 0 Å². The quantitative estimate of drug-likeness (QED) is 0.580. The van der Waals surface area contributed by atoms with Crippen molar-refractivity contribution in [1.82, 2.24) is 15.0 Å². The zero-order valence-corrected chi connectivity index (χ0v) is 16.0. The van der Waals surface area contributed by atoms with Crippen LogP contribution in [-0.4, -0.2) is 34.1 Å². The lowest BCUT2D eigenvalue weighted by Gasteiger charge is -2.23. The maximum atomic E-state index is 14.2. The summed E-state index contributed by atoms with van der Waals surface area (Å²) in [6.45, 7) is 3.68. The number of hydrogen-bond acceptors (Lipinski definition) is 6. The highest BCUT2D eigenvalue weighted by Gasteiger charge is 2.54. The van der Waals surface area contributed by atoms with Gasteiger partial charge in [0, 0.05) is 37.3 Å². The highest BCUT2D eigenvalue weighted by molar-refractivity contribution is 5.85. The molecule has 7 heteroatoms. The SMILES string of the molecule is Cc1cc(F)cc2c1Cc1nc(Oc3cccnc3)nc(N3CC4C(N)C4C3)c1-2. The average molecular weight is 389 g/mol. The summed E-state index contributed by atoms with van der Waals surface area (Å²) in [7, 11) is 0. The summed E-state index contributed by atoms with van der Waals surface area (Å²) < 4.78 is 20.1. The molecule has 2 aromatic heterocycles. The molecular weight excluding hydrogens is 369 g/mol. The molecule has 0 bridgehead atoms. The van der Waals surface area contributed by atoms with Crippen molar-refractivity contribution in [2.45, 2.75) is 19.4 Å². The predicted molar refractivity (Wildman–Crippen MR) is 106 cm³/mol. The number of aromatic nitrogens is 3. The summed E-state index contributed by atoms with van der Waals surface area (Å²) in [6, 6.07) is 7.39. The van der Waals surface area contributed by atoms with E-state index in [0.717, 1.165) is 46.9 Å². The number of ether oxygens (including phenoxy) is 1. The van der Waals surface area contributed by atoms with Gasteiger partial charge in [0.15, 0.2) is 0 Å². The van der Waals surface area contributed by atoms with Gasteiger partial charge in [0.25, 0.3) is 0 Å². The van der Waals surface area contributed by atoms with Crippen molar-refractivity contribution in [3.8, 4) is 22.9 Å². The van der Waals surface area contributed by atoms with Gasteiger partial charge in [-0.25, -0.2) is 4.39 Å². The minimum Gasteiger partial charge on any atom is -0.423 e. The van der Waals surface area contributed by atoms with Crippen molar-refractivity contribution in [1.29, 1.82) is 0 Å². The van der Waals surface area contributed by atoms with Crippen LogP contribution < -0.4 is 15.4 Å². The van der Waals surface area contributed by atoms with Gasteiger partial charge in [0.2, 0.25) is 0 Å². The highest BCUT2D eigenvalue weighted by atomic mass is 19.1. The second-order valence-corrected chi connectivity index (χ2v) is 8.18. The molecule has 146 valence electrons. The summed E-state index contributed by atoms with van der Waals surface area (Å²) >= 11 is 0. The topological polar surface area (TPSA) is 77.2 Å². The van der Waals surface area contributed by atoms with E-state index in [4.69, 9.17) is 15.5 Å². The van der Waals surface area contributed by atoms with Crippen molar-refractivity contribution < 1.29 is 9.13 Å². The van der Waals surface area contributed by atoms with Crippen LogP contribution in [0.2, 0.25) is 0 Å². The lowest BCUT2D eigenvalue weighted by atomic mass is 10.0. The number of benzene rings is 1. The third-order valence-corrected chi connectivity index (χ3v) is 6.40. The number of hydrogen-bond donors (Lipinski definition) is 1. The molecule has 2 unspecified atom stereocenters. The van der Waals surface area contributed by atoms with Gasteiger partial charge in [-0.05, 0) is 59.7 Å². The van der Waals surface area contributed by atoms with E-state index in [1.165, 1.54) is 0 Å². The number of halogens is 1. The van der Waals surface area contributed by atoms with Crippen molar-refractivity contribution in [2.75, 3.05) is 18.0 Å². The second kappa shape index (κ2) is 5.97. The predicted octanol–water partition coefficient (Wildman–Crippen LogP) is 3.08. The Hall–Kier alpha value is -3.06. The molecule has 1 aliphatic heterocycles. The van der Waals surface area contributed by atoms with Crippen molar-refractivity contribution in [2.24, 2.45) is 17.6 Å². The van der Waals surface area contributed by atoms with Gasteiger partial charge in [0.1, 0.15) is 17.4 Å². The molecule has 6 rings (SSSR count). The van der Waals surface area contributed by atoms with Gasteiger partial charge in [-0.2, -0.15) is 9.97 Å². The molecule has 29 heavy (non-hydrogen) atoms. The van der Waals surface area contributed by atoms with Crippen LogP contribution in [0.1, 0.15) is 16.8 Å². The third-order valence-electron chi connectivity index (χ3n) is 6.40. The molecule has 3 aromatic rings. The third kappa shape index (κ3) is 2.61. The smallest absolute Gasteiger partial charge is 0.324 e. The fourth-order valence-electron chi connectivity index (χ4n) is 4.81. The number of aryl methyl sites for hydroxylation is 1. The molecule has 1 saturated carbocycles. The molecule has 3 aliphatic rings. The number of pyridine rings is 1. The highest BCUT2D eigenvalue weighted by Crippen LogP contribution is 2.49. The van der Waals surface area contributed by atoms with Crippen LogP contribution in [0.25, 0.3) is 11.1 Å². The molecule has 0 amide bonds. The van der Waals surface area contributed by atoms with E-state index >= 15 is 0 Å². The van der Waals surface area contributed by atoms with Crippen LogP contribution in [0.4, 0.5) is 10.2 Å². The zero-order chi connectivity index (χ0) is 19.7. The Morgan fingerprint density at radius 1 is 1.21 bits per heavy atom. The van der Waals surface area contributed by atoms with E-state index in [0.29, 0.717) is 36.1 Å². The fourth-order valence-corrected chi connectivity index (χ4v) is 4.81. The number of nitrogens with two attached hydrogens (primary N) is 1. The lowest BCUT2D eigenvalue weighted by molar-refractivity contribution is 0.438. The first-order chi connectivity index (χ1) is 14.1. The average Bonchev–Trinajstić information content (AvgIpc) is 3.07. The summed E-state index contributed by atoms with van der Waals surface area (Å²) in [6.07, 6.45) is 3.97. The minimum absolute atomic E-state index is 0.234. The number of piperidine rings is 1. The molecule has 2 aliphatic carbocycles. The Morgan fingerprint density at radius 3 is 2.79 bits per heavy atom. The molecule has 0 radical (unpaired) electrons. The van der Waals surface area contributed by atoms with Crippen LogP contribution in [0.15, 0.2) is 36.7 Å². The largest absolute Gasteiger partial charge is 0.423 e. The molecule has 1 saturated heterocycles. The van der Waals surface area contributed by atoms with E-state index < -0.39 is 0 Å². The van der Waals surface area contributed by atoms with Crippen LogP contribution >= 0.6 is 0 Å². The van der Waals surface area contributed by atoms with Crippen LogP contribution in [-0.2, 0) is 6.42 Å². The van der Waals surface area contributed by atoms with Crippen molar-refractivity contribution in [3.05, 3.63) is 59.3 Å². The number of fused-ring (bicyclic) bond motifs is 4. The molecule has 3 heterocycles. The maximum Gasteiger partial charge on any atom is 0.324 e. The first-order valence-corrected chi connectivity index (χ1v) is 9.87. The van der Waals surface area contributed by atoms with Crippen molar-refractivity contribution >= 4 is 5.82 Å². The Bertz CT molecular complexity index is 1120. The molecule has 1 aromatic carbocycles. The van der Waals surface area contributed by atoms with Crippen LogP contribution in [0.3, 0.4) is 0 Å². The summed E-state index contributed by atoms with van der Waals surface area (Å²) in [5, 5.41) is 0. The zero-order valence-electron chi connectivity index (χ0n) is 16.0. The Kier molecular flexibility index (Phi) is 3.47. The number of nitrogens with zero attached hydrogens (tertiary/aromatic N) is 4. The Labute approximate surface area is 167 Å². The Balaban J connectivity index is 1.47. The molecule has 2 N–H and O–H groups in total. The van der Waals surface area contributed by atoms with E-state index in [2.05, 4.69) is 14.9 Å². The monoisotopic (exact) mass is 389 g/mol. The van der Waals surface area contributed by atoms with Crippen molar-refractivity contribution in [3.63, 3.8) is 0 Å². The van der Waals surface area contributed by atoms with Gasteiger partial charge in [-0.1, -0.05) is 0 Å². The first kappa shape index (κ1) is 16.9. The molecular formula is C22H20FN5O. The summed E-state index contributed by atoms with van der Waals surface area (Å²) in [4.78, 5) is 15.8. The summed E-state index contributed by atoms with van der Waals surface area (Å²) in [5.74, 6) is 2.19. The number of anilines is 1. The number of rotatable bonds is 3. The normalized spacial score (nSPS) is 23.6. The first-order valence-electron chi connectivity index (χ1n) is 9.87. The lowest BCUT2D eigenvalue weighted by Crippen LogP contribution is -2.29. The van der Waals surface area contributed by atoms with E-state index in [1.54, 1.807) is 30.6 Å². The van der Waals surface area contributed by atoms with Crippen LogP contribution in [0.5, 0.6) is 11.8 Å². The fraction of sp³-hybridized carbons (Fsp3) is 0.318. The maximum absolute atomic E-state index is 14.2. The minimum atomic E-state index is -0.234. The van der Waals surface area contributed by atoms with E-state index in [9.17, 15) is 4.39 Å². The van der Waals surface area contributed by atoms with Gasteiger partial charge < -0.3 is 15.4 Å². The van der Waals surface area contributed by atoms with E-state index in [1.807, 2.05) is 13.0 Å². The standard InChI is InChI=1S/C22H20FN5O/c1-11-5-12(23)6-15-14(11)7-18-19(15)21(28-9-16-17(10-28)20(16)24)27-22(26-18)29-13-3-2-4-25-8-13/h2-6,8,16-17,20H,7,9-10,24H2,1H3. The Morgan fingerprint density at radius 2 is 2.03 bits per heavy atom. The van der Waals surface area contributed by atoms with Gasteiger partial charge >= 0.3 is 6.01 Å². The molecule has 0 spiro atoms. The van der Waals surface area contributed by atoms with E-state index in [-0.39, 0.29) is 5.82 Å². The molecule has 2 fully saturated rings. The summed E-state index contributed by atoms with van der Waals surface area (Å²) in [5.41, 5.74) is 10.9.